The van der Waals surface area contributed by atoms with Crippen LogP contribution in [0.4, 0.5) is 0 Å². The summed E-state index contributed by atoms with van der Waals surface area (Å²) in [4.78, 5) is 24.3. The Morgan fingerprint density at radius 2 is 2.13 bits per heavy atom. The largest absolute Gasteiger partial charge is 0.481 e. The quantitative estimate of drug-likeness (QED) is 0.698. The molecule has 2 fully saturated rings. The lowest BCUT2D eigenvalue weighted by Crippen LogP contribution is -2.48. The number of carbonyl (C=O) groups excluding carboxylic acids is 1. The van der Waals surface area contributed by atoms with Crippen molar-refractivity contribution in [2.45, 2.75) is 19.4 Å². The topological polar surface area (TPSA) is 66.8 Å². The average Bonchev–Trinajstić information content (AvgIpc) is 2.97. The lowest BCUT2D eigenvalue weighted by Gasteiger charge is -2.33. The second-order valence-electron chi connectivity index (χ2n) is 4.24. The zero-order chi connectivity index (χ0) is 11.0. The van der Waals surface area contributed by atoms with Crippen LogP contribution in [0.15, 0.2) is 0 Å². The number of ether oxygens (including phenoxy) is 1. The maximum Gasteiger partial charge on any atom is 0.307 e. The van der Waals surface area contributed by atoms with Gasteiger partial charge >= 0.3 is 5.97 Å². The van der Waals surface area contributed by atoms with Crippen LogP contribution in [0.25, 0.3) is 0 Å². The zero-order valence-corrected chi connectivity index (χ0v) is 8.68. The van der Waals surface area contributed by atoms with E-state index >= 15 is 0 Å². The first-order valence-electron chi connectivity index (χ1n) is 5.22. The van der Waals surface area contributed by atoms with E-state index in [1.807, 2.05) is 6.92 Å². The van der Waals surface area contributed by atoms with Gasteiger partial charge in [0, 0.05) is 6.54 Å². The normalized spacial score (nSPS) is 35.0. The molecule has 3 unspecified atom stereocenters. The predicted octanol–water partition coefficient (Wildman–Crippen LogP) is -0.0456. The second kappa shape index (κ2) is 3.81. The van der Waals surface area contributed by atoms with Gasteiger partial charge in [0.2, 0.25) is 5.91 Å². The van der Waals surface area contributed by atoms with E-state index < -0.39 is 11.9 Å². The van der Waals surface area contributed by atoms with E-state index in [0.717, 1.165) is 0 Å². The number of nitrogens with zero attached hydrogens (tertiary/aromatic N) is 1. The van der Waals surface area contributed by atoms with E-state index in [-0.39, 0.29) is 17.9 Å². The SMILES string of the molecule is CC1COCCN1C(=O)C1CC1C(=O)O. The number of aliphatic carboxylic acids is 1. The Morgan fingerprint density at radius 3 is 2.67 bits per heavy atom. The Bertz CT molecular complexity index is 291. The molecule has 2 rings (SSSR count). The summed E-state index contributed by atoms with van der Waals surface area (Å²) in [6.45, 7) is 3.62. The maximum atomic E-state index is 11.9. The molecule has 5 nitrogen and oxygen atoms in total. The lowest BCUT2D eigenvalue weighted by atomic mass is 10.2. The Kier molecular flexibility index (Phi) is 2.65. The van der Waals surface area contributed by atoms with Crippen molar-refractivity contribution in [1.29, 1.82) is 0 Å². The number of hydrogen-bond donors (Lipinski definition) is 1. The highest BCUT2D eigenvalue weighted by Crippen LogP contribution is 2.40. The minimum absolute atomic E-state index is 0.0156. The Hall–Kier alpha value is -1.10. The number of hydrogen-bond acceptors (Lipinski definition) is 3. The minimum atomic E-state index is -0.853. The standard InChI is InChI=1S/C10H15NO4/c1-6-5-15-3-2-11(6)9(12)7-4-8(7)10(13)14/h6-8H,2-5H2,1H3,(H,13,14). The monoisotopic (exact) mass is 213 g/mol. The fourth-order valence-electron chi connectivity index (χ4n) is 2.01. The van der Waals surface area contributed by atoms with Crippen molar-refractivity contribution < 1.29 is 19.4 Å². The van der Waals surface area contributed by atoms with Crippen LogP contribution in [0, 0.1) is 11.8 Å². The van der Waals surface area contributed by atoms with Gasteiger partial charge in [-0.2, -0.15) is 0 Å². The molecule has 5 heteroatoms. The Morgan fingerprint density at radius 1 is 1.40 bits per heavy atom. The fraction of sp³-hybridized carbons (Fsp3) is 0.800. The molecule has 2 aliphatic rings. The van der Waals surface area contributed by atoms with E-state index in [2.05, 4.69) is 0 Å². The molecule has 1 aliphatic carbocycles. The van der Waals surface area contributed by atoms with Crippen LogP contribution in [-0.4, -0.2) is 47.7 Å². The van der Waals surface area contributed by atoms with Gasteiger partial charge in [0.1, 0.15) is 0 Å². The molecule has 1 N–H and O–H groups in total. The van der Waals surface area contributed by atoms with E-state index in [9.17, 15) is 9.59 Å². The molecule has 84 valence electrons. The zero-order valence-electron chi connectivity index (χ0n) is 8.68. The number of amides is 1. The van der Waals surface area contributed by atoms with Crippen LogP contribution in [0.3, 0.4) is 0 Å². The molecule has 0 aromatic heterocycles. The molecule has 0 spiro atoms. The number of morpholine rings is 1. The highest BCUT2D eigenvalue weighted by Gasteiger charge is 2.50. The summed E-state index contributed by atoms with van der Waals surface area (Å²) >= 11 is 0. The number of carbonyl (C=O) groups is 2. The second-order valence-corrected chi connectivity index (χ2v) is 4.24. The van der Waals surface area contributed by atoms with Crippen molar-refractivity contribution in [2.75, 3.05) is 19.8 Å². The van der Waals surface area contributed by atoms with Gasteiger partial charge in [0.15, 0.2) is 0 Å². The third-order valence-corrected chi connectivity index (χ3v) is 3.08. The average molecular weight is 213 g/mol. The summed E-state index contributed by atoms with van der Waals surface area (Å²) in [7, 11) is 0. The van der Waals surface area contributed by atoms with Crippen molar-refractivity contribution in [3.05, 3.63) is 0 Å². The van der Waals surface area contributed by atoms with Gasteiger partial charge in [-0.05, 0) is 13.3 Å². The lowest BCUT2D eigenvalue weighted by molar-refractivity contribution is -0.145. The Balaban J connectivity index is 1.94. The first-order chi connectivity index (χ1) is 7.11. The van der Waals surface area contributed by atoms with Crippen LogP contribution in [0.5, 0.6) is 0 Å². The van der Waals surface area contributed by atoms with Crippen LogP contribution in [0.2, 0.25) is 0 Å². The highest BCUT2D eigenvalue weighted by atomic mass is 16.5. The fourth-order valence-corrected chi connectivity index (χ4v) is 2.01. The molecule has 0 radical (unpaired) electrons. The number of carboxylic acid groups (broad SMARTS) is 1. The van der Waals surface area contributed by atoms with Gasteiger partial charge in [0.05, 0.1) is 31.1 Å². The molecule has 15 heavy (non-hydrogen) atoms. The first kappa shape index (κ1) is 10.4. The third-order valence-electron chi connectivity index (χ3n) is 3.08. The smallest absolute Gasteiger partial charge is 0.307 e. The van der Waals surface area contributed by atoms with E-state index in [4.69, 9.17) is 9.84 Å². The summed E-state index contributed by atoms with van der Waals surface area (Å²) < 4.78 is 5.23. The van der Waals surface area contributed by atoms with Gasteiger partial charge in [-0.3, -0.25) is 9.59 Å². The van der Waals surface area contributed by atoms with Gasteiger partial charge < -0.3 is 14.7 Å². The molecule has 0 aromatic carbocycles. The highest BCUT2D eigenvalue weighted by molar-refractivity contribution is 5.89. The van der Waals surface area contributed by atoms with Gasteiger partial charge in [-0.15, -0.1) is 0 Å². The molecular weight excluding hydrogens is 198 g/mol. The van der Waals surface area contributed by atoms with Crippen molar-refractivity contribution in [3.8, 4) is 0 Å². The molecule has 3 atom stereocenters. The molecule has 0 aromatic rings. The van der Waals surface area contributed by atoms with Gasteiger partial charge in [-0.1, -0.05) is 0 Å². The molecule has 1 aliphatic heterocycles. The van der Waals surface area contributed by atoms with Crippen molar-refractivity contribution >= 4 is 11.9 Å². The maximum absolute atomic E-state index is 11.9. The molecule has 1 saturated carbocycles. The van der Waals surface area contributed by atoms with E-state index in [0.29, 0.717) is 26.2 Å². The van der Waals surface area contributed by atoms with Crippen LogP contribution in [-0.2, 0) is 14.3 Å². The van der Waals surface area contributed by atoms with Gasteiger partial charge in [-0.25, -0.2) is 0 Å². The summed E-state index contributed by atoms with van der Waals surface area (Å²) in [5, 5.41) is 8.74. The van der Waals surface area contributed by atoms with Crippen LogP contribution >= 0.6 is 0 Å². The molecule has 1 amide bonds. The molecular formula is C10H15NO4. The van der Waals surface area contributed by atoms with E-state index in [1.54, 1.807) is 4.90 Å². The number of carboxylic acids is 1. The summed E-state index contributed by atoms with van der Waals surface area (Å²) in [5.74, 6) is -1.61. The minimum Gasteiger partial charge on any atom is -0.481 e. The first-order valence-corrected chi connectivity index (χ1v) is 5.22. The van der Waals surface area contributed by atoms with Crippen LogP contribution in [0.1, 0.15) is 13.3 Å². The van der Waals surface area contributed by atoms with E-state index in [1.165, 1.54) is 0 Å². The van der Waals surface area contributed by atoms with Crippen molar-refractivity contribution in [3.63, 3.8) is 0 Å². The van der Waals surface area contributed by atoms with Crippen molar-refractivity contribution in [1.82, 2.24) is 4.90 Å². The number of rotatable bonds is 2. The summed E-state index contributed by atoms with van der Waals surface area (Å²) in [5.41, 5.74) is 0. The van der Waals surface area contributed by atoms with Gasteiger partial charge in [0.25, 0.3) is 0 Å². The predicted molar refractivity (Wildman–Crippen MR) is 51.2 cm³/mol. The summed E-state index contributed by atoms with van der Waals surface area (Å²) in [6.07, 6.45) is 0.498. The Labute approximate surface area is 88.0 Å². The molecule has 1 saturated heterocycles. The molecule has 0 bridgehead atoms. The molecule has 1 heterocycles. The summed E-state index contributed by atoms with van der Waals surface area (Å²) in [6, 6.07) is 0.0706. The third kappa shape index (κ3) is 1.97. The van der Waals surface area contributed by atoms with Crippen molar-refractivity contribution in [2.24, 2.45) is 11.8 Å². The van der Waals surface area contributed by atoms with Crippen LogP contribution < -0.4 is 0 Å².